The number of rotatable bonds is 1. The van der Waals surface area contributed by atoms with Crippen molar-refractivity contribution in [2.24, 2.45) is 5.92 Å². The van der Waals surface area contributed by atoms with E-state index in [0.29, 0.717) is 23.0 Å². The fraction of sp³-hybridized carbons (Fsp3) is 0.667. The molecule has 2 aromatic heterocycles. The Balaban J connectivity index is 1.86. The number of aromatic amines is 1. The van der Waals surface area contributed by atoms with Crippen LogP contribution in [0.1, 0.15) is 40.0 Å². The Kier molecular flexibility index (Phi) is 2.50. The van der Waals surface area contributed by atoms with Crippen LogP contribution < -0.4 is 10.5 Å². The van der Waals surface area contributed by atoms with Crippen molar-refractivity contribution in [1.82, 2.24) is 19.7 Å². The lowest BCUT2D eigenvalue weighted by molar-refractivity contribution is 0.366. The molecule has 6 heteroatoms. The topological polar surface area (TPSA) is 66.8 Å². The van der Waals surface area contributed by atoms with Crippen LogP contribution >= 0.6 is 0 Å². The van der Waals surface area contributed by atoms with Crippen LogP contribution in [-0.2, 0) is 5.54 Å². The number of nitrogens with one attached hydrogen (secondary N) is 1. The first kappa shape index (κ1) is 12.9. The molecule has 3 heterocycles. The molecule has 6 nitrogen and oxygen atoms in total. The number of anilines is 1. The zero-order chi connectivity index (χ0) is 14.8. The van der Waals surface area contributed by atoms with Gasteiger partial charge in [-0.15, -0.1) is 0 Å². The minimum Gasteiger partial charge on any atom is -0.339 e. The molecule has 1 aliphatic heterocycles. The van der Waals surface area contributed by atoms with Crippen LogP contribution in [0.25, 0.3) is 11.0 Å². The number of piperidine rings is 1. The van der Waals surface area contributed by atoms with Gasteiger partial charge in [0.05, 0.1) is 11.7 Å². The fourth-order valence-electron chi connectivity index (χ4n) is 3.72. The second-order valence-corrected chi connectivity index (χ2v) is 7.34. The summed E-state index contributed by atoms with van der Waals surface area (Å²) in [5, 5.41) is 4.93. The van der Waals surface area contributed by atoms with Crippen LogP contribution in [0.3, 0.4) is 0 Å². The maximum atomic E-state index is 12.3. The Hall–Kier alpha value is -1.85. The van der Waals surface area contributed by atoms with Gasteiger partial charge in [-0.3, -0.25) is 9.78 Å². The number of hydrogen-bond acceptors (Lipinski definition) is 4. The second kappa shape index (κ2) is 4.08. The van der Waals surface area contributed by atoms with E-state index in [2.05, 4.69) is 35.8 Å². The summed E-state index contributed by atoms with van der Waals surface area (Å²) in [5.41, 5.74) is 0.404. The van der Waals surface area contributed by atoms with Gasteiger partial charge in [-0.1, -0.05) is 0 Å². The van der Waals surface area contributed by atoms with Gasteiger partial charge >= 0.3 is 0 Å². The third-order valence-electron chi connectivity index (χ3n) is 4.74. The summed E-state index contributed by atoms with van der Waals surface area (Å²) >= 11 is 0. The Morgan fingerprint density at radius 3 is 2.76 bits per heavy atom. The molecule has 4 rings (SSSR count). The largest absolute Gasteiger partial charge is 0.339 e. The average Bonchev–Trinajstić information content (AvgIpc) is 3.11. The summed E-state index contributed by atoms with van der Waals surface area (Å²) < 4.78 is 1.84. The second-order valence-electron chi connectivity index (χ2n) is 7.34. The van der Waals surface area contributed by atoms with E-state index in [1.54, 1.807) is 6.20 Å². The Morgan fingerprint density at radius 1 is 1.33 bits per heavy atom. The predicted molar refractivity (Wildman–Crippen MR) is 81.6 cm³/mol. The highest BCUT2D eigenvalue weighted by atomic mass is 16.1. The summed E-state index contributed by atoms with van der Waals surface area (Å²) in [5.74, 6) is 1.48. The van der Waals surface area contributed by atoms with Gasteiger partial charge in [0.1, 0.15) is 5.39 Å². The number of hydrogen-bond donors (Lipinski definition) is 1. The molecule has 112 valence electrons. The van der Waals surface area contributed by atoms with E-state index in [-0.39, 0.29) is 11.1 Å². The summed E-state index contributed by atoms with van der Waals surface area (Å²) in [6.07, 6.45) is 5.38. The quantitative estimate of drug-likeness (QED) is 0.869. The summed E-state index contributed by atoms with van der Waals surface area (Å²) in [6, 6.07) is 0.543. The molecule has 1 aliphatic carbocycles. The molecule has 2 aliphatic rings. The molecular formula is C15H21N5O. The van der Waals surface area contributed by atoms with Crippen molar-refractivity contribution in [3.63, 3.8) is 0 Å². The molecule has 0 amide bonds. The van der Waals surface area contributed by atoms with Gasteiger partial charge in [-0.2, -0.15) is 10.1 Å². The maximum Gasteiger partial charge on any atom is 0.263 e. The normalized spacial score (nSPS) is 25.2. The van der Waals surface area contributed by atoms with E-state index in [4.69, 9.17) is 4.98 Å². The predicted octanol–water partition coefficient (Wildman–Crippen LogP) is 1.86. The minimum atomic E-state index is -0.191. The molecule has 21 heavy (non-hydrogen) atoms. The average molecular weight is 287 g/mol. The fourth-order valence-corrected chi connectivity index (χ4v) is 3.72. The Labute approximate surface area is 123 Å². The van der Waals surface area contributed by atoms with E-state index in [0.717, 1.165) is 12.5 Å². The zero-order valence-corrected chi connectivity index (χ0v) is 12.8. The van der Waals surface area contributed by atoms with Gasteiger partial charge < -0.3 is 4.90 Å². The first-order valence-electron chi connectivity index (χ1n) is 7.68. The highest BCUT2D eigenvalue weighted by molar-refractivity contribution is 5.74. The number of fused-ring (bicyclic) bond motifs is 3. The van der Waals surface area contributed by atoms with E-state index >= 15 is 0 Å². The van der Waals surface area contributed by atoms with Gasteiger partial charge in [0, 0.05) is 12.6 Å². The highest BCUT2D eigenvalue weighted by Crippen LogP contribution is 2.38. The summed E-state index contributed by atoms with van der Waals surface area (Å²) in [4.78, 5) is 22.3. The van der Waals surface area contributed by atoms with Crippen molar-refractivity contribution >= 4 is 17.0 Å². The molecule has 2 aromatic rings. The Bertz CT molecular complexity index is 753. The van der Waals surface area contributed by atoms with Crippen LogP contribution in [0, 0.1) is 5.92 Å². The van der Waals surface area contributed by atoms with Gasteiger partial charge in [0.2, 0.25) is 5.95 Å². The van der Waals surface area contributed by atoms with Crippen molar-refractivity contribution in [3.8, 4) is 0 Å². The van der Waals surface area contributed by atoms with E-state index in [9.17, 15) is 4.79 Å². The molecule has 0 radical (unpaired) electrons. The van der Waals surface area contributed by atoms with Gasteiger partial charge in [-0.05, 0) is 46.0 Å². The van der Waals surface area contributed by atoms with Crippen molar-refractivity contribution < 1.29 is 0 Å². The lowest BCUT2D eigenvalue weighted by atomic mass is 10.1. The van der Waals surface area contributed by atoms with E-state index < -0.39 is 0 Å². The maximum absolute atomic E-state index is 12.3. The standard InChI is InChI=1S/C15H21N5O/c1-15(2,3)20-12-11(7-16-20)13(21)18-14(17-12)19-8-9-4-5-10(19)6-9/h7,9-10H,4-6,8H2,1-3H3,(H,17,18,21)/t9-,10-/m0/s1. The molecule has 0 aromatic carbocycles. The van der Waals surface area contributed by atoms with E-state index in [1.165, 1.54) is 19.3 Å². The van der Waals surface area contributed by atoms with Crippen molar-refractivity contribution in [1.29, 1.82) is 0 Å². The summed E-state index contributed by atoms with van der Waals surface area (Å²) in [6.45, 7) is 7.22. The van der Waals surface area contributed by atoms with Crippen LogP contribution in [0.15, 0.2) is 11.0 Å². The lowest BCUT2D eigenvalue weighted by Crippen LogP contribution is -2.35. The van der Waals surface area contributed by atoms with Gasteiger partial charge in [0.25, 0.3) is 5.56 Å². The molecule has 0 spiro atoms. The zero-order valence-electron chi connectivity index (χ0n) is 12.8. The minimum absolute atomic E-state index is 0.0896. The molecule has 0 unspecified atom stereocenters. The number of aromatic nitrogens is 4. The lowest BCUT2D eigenvalue weighted by Gasteiger charge is -2.27. The SMILES string of the molecule is CC(C)(C)n1ncc2c(=O)[nH]c(N3C[C@H]4CC[C@H]3C4)nc21. The smallest absolute Gasteiger partial charge is 0.263 e. The molecule has 2 bridgehead atoms. The molecule has 1 saturated carbocycles. The van der Waals surface area contributed by atoms with E-state index in [1.807, 2.05) is 4.68 Å². The molecule has 2 fully saturated rings. The molecule has 2 atom stereocenters. The third kappa shape index (κ3) is 1.88. The van der Waals surface area contributed by atoms with Crippen molar-refractivity contribution in [2.75, 3.05) is 11.4 Å². The van der Waals surface area contributed by atoms with Gasteiger partial charge in [-0.25, -0.2) is 4.68 Å². The van der Waals surface area contributed by atoms with Crippen LogP contribution in [-0.4, -0.2) is 32.3 Å². The summed E-state index contributed by atoms with van der Waals surface area (Å²) in [7, 11) is 0. The molecular weight excluding hydrogens is 266 g/mol. The number of H-pyrrole nitrogens is 1. The first-order valence-corrected chi connectivity index (χ1v) is 7.68. The van der Waals surface area contributed by atoms with Gasteiger partial charge in [0.15, 0.2) is 5.65 Å². The number of nitrogens with zero attached hydrogens (tertiary/aromatic N) is 4. The molecule has 1 saturated heterocycles. The Morgan fingerprint density at radius 2 is 2.14 bits per heavy atom. The highest BCUT2D eigenvalue weighted by Gasteiger charge is 2.39. The molecule has 1 N–H and O–H groups in total. The monoisotopic (exact) mass is 287 g/mol. The van der Waals surface area contributed by atoms with Crippen molar-refractivity contribution in [2.45, 2.75) is 51.6 Å². The first-order chi connectivity index (χ1) is 9.93. The third-order valence-corrected chi connectivity index (χ3v) is 4.74. The van der Waals surface area contributed by atoms with Crippen LogP contribution in [0.2, 0.25) is 0 Å². The van der Waals surface area contributed by atoms with Crippen molar-refractivity contribution in [3.05, 3.63) is 16.6 Å². The van der Waals surface area contributed by atoms with Crippen LogP contribution in [0.4, 0.5) is 5.95 Å². The van der Waals surface area contributed by atoms with Crippen LogP contribution in [0.5, 0.6) is 0 Å².